The fourth-order valence-electron chi connectivity index (χ4n) is 4.48. The maximum atomic E-state index is 12.6. The molecule has 5 aromatic rings. The van der Waals surface area contributed by atoms with Gasteiger partial charge in [-0.05, 0) is 99.1 Å². The lowest BCUT2D eigenvalue weighted by Gasteiger charge is -2.13. The molecule has 1 amide bonds. The van der Waals surface area contributed by atoms with Gasteiger partial charge in [-0.1, -0.05) is 29.8 Å². The van der Waals surface area contributed by atoms with E-state index in [-0.39, 0.29) is 12.4 Å². The number of ether oxygens (including phenoxy) is 3. The van der Waals surface area contributed by atoms with Crippen LogP contribution in [0.25, 0.3) is 5.69 Å². The van der Waals surface area contributed by atoms with Crippen molar-refractivity contribution >= 4 is 23.7 Å². The Morgan fingerprint density at radius 1 is 0.884 bits per heavy atom. The highest BCUT2D eigenvalue weighted by molar-refractivity contribution is 6.31. The van der Waals surface area contributed by atoms with Crippen LogP contribution in [-0.2, 0) is 13.2 Å². The van der Waals surface area contributed by atoms with Crippen LogP contribution in [0.2, 0.25) is 5.02 Å². The Morgan fingerprint density at radius 3 is 2.40 bits per heavy atom. The van der Waals surface area contributed by atoms with Crippen LogP contribution in [0.5, 0.6) is 17.2 Å². The minimum atomic E-state index is -0.478. The molecule has 220 valence electrons. The van der Waals surface area contributed by atoms with Crippen LogP contribution < -0.4 is 19.6 Å². The molecule has 0 aliphatic rings. The molecule has 8 nitrogen and oxygen atoms in total. The minimum absolute atomic E-state index is 0.128. The van der Waals surface area contributed by atoms with Gasteiger partial charge < -0.3 is 23.2 Å². The van der Waals surface area contributed by atoms with Gasteiger partial charge in [0.1, 0.15) is 24.7 Å². The predicted octanol–water partition coefficient (Wildman–Crippen LogP) is 7.66. The van der Waals surface area contributed by atoms with Crippen LogP contribution in [0.3, 0.4) is 0 Å². The number of hydrazone groups is 1. The van der Waals surface area contributed by atoms with Crippen LogP contribution in [0, 0.1) is 13.8 Å². The van der Waals surface area contributed by atoms with Crippen molar-refractivity contribution in [2.75, 3.05) is 6.61 Å². The summed E-state index contributed by atoms with van der Waals surface area (Å²) in [6, 6.07) is 28.2. The average molecular weight is 598 g/mol. The first-order valence-electron chi connectivity index (χ1n) is 13.8. The number of carbonyl (C=O) groups excluding carboxylic acids is 1. The van der Waals surface area contributed by atoms with E-state index in [4.69, 9.17) is 30.2 Å². The third kappa shape index (κ3) is 7.47. The summed E-state index contributed by atoms with van der Waals surface area (Å²) in [5, 5.41) is 4.71. The van der Waals surface area contributed by atoms with Crippen molar-refractivity contribution in [1.82, 2.24) is 9.99 Å². The van der Waals surface area contributed by atoms with E-state index in [1.54, 1.807) is 24.3 Å². The van der Waals surface area contributed by atoms with Gasteiger partial charge in [0, 0.05) is 27.7 Å². The predicted molar refractivity (Wildman–Crippen MR) is 167 cm³/mol. The van der Waals surface area contributed by atoms with Crippen molar-refractivity contribution in [3.8, 4) is 22.9 Å². The number of carbonyl (C=O) groups is 1. The molecule has 0 saturated heterocycles. The van der Waals surface area contributed by atoms with Crippen LogP contribution in [0.1, 0.15) is 45.8 Å². The Morgan fingerprint density at radius 2 is 1.65 bits per heavy atom. The molecule has 3 aromatic carbocycles. The molecule has 1 N–H and O–H groups in total. The zero-order valence-corrected chi connectivity index (χ0v) is 24.9. The number of amides is 1. The van der Waals surface area contributed by atoms with E-state index >= 15 is 0 Å². The standard InChI is InChI=1S/C34H32ClN3O5/c1-4-40-33-19-25(11-17-31(33)42-21-26-7-5-6-8-30(26)35)20-36-37-34(39)32-18-16-29(43-32)22-41-28-14-12-27(13-15-28)38-23(2)9-10-24(38)3/h5-20H,4,21-22H2,1-3H3,(H,37,39)/b36-20+. The average Bonchev–Trinajstić information content (AvgIpc) is 3.63. The van der Waals surface area contributed by atoms with Crippen molar-refractivity contribution in [3.05, 3.63) is 130 Å². The van der Waals surface area contributed by atoms with E-state index in [2.05, 4.69) is 41.1 Å². The third-order valence-electron chi connectivity index (χ3n) is 6.62. The monoisotopic (exact) mass is 597 g/mol. The first-order valence-corrected chi connectivity index (χ1v) is 14.2. The second-order valence-electron chi connectivity index (χ2n) is 9.72. The third-order valence-corrected chi connectivity index (χ3v) is 6.99. The molecule has 0 aliphatic carbocycles. The van der Waals surface area contributed by atoms with Crippen LogP contribution in [0.4, 0.5) is 0 Å². The van der Waals surface area contributed by atoms with Gasteiger partial charge in [0.15, 0.2) is 17.3 Å². The van der Waals surface area contributed by atoms with E-state index < -0.39 is 5.91 Å². The number of hydrogen-bond donors (Lipinski definition) is 1. The number of rotatable bonds is 12. The summed E-state index contributed by atoms with van der Waals surface area (Å²) in [5.41, 5.74) is 7.48. The summed E-state index contributed by atoms with van der Waals surface area (Å²) in [4.78, 5) is 12.6. The fraction of sp³-hybridized carbons (Fsp3) is 0.176. The Balaban J connectivity index is 1.14. The molecule has 0 unspecified atom stereocenters. The summed E-state index contributed by atoms with van der Waals surface area (Å²) < 4.78 is 25.4. The van der Waals surface area contributed by atoms with Gasteiger partial charge in [0.05, 0.1) is 12.8 Å². The van der Waals surface area contributed by atoms with Gasteiger partial charge in [0.25, 0.3) is 0 Å². The molecular formula is C34H32ClN3O5. The van der Waals surface area contributed by atoms with E-state index in [0.29, 0.717) is 41.2 Å². The van der Waals surface area contributed by atoms with Crippen LogP contribution in [-0.4, -0.2) is 23.3 Å². The number of hydrogen-bond acceptors (Lipinski definition) is 6. The van der Waals surface area contributed by atoms with E-state index in [0.717, 1.165) is 16.8 Å². The van der Waals surface area contributed by atoms with Gasteiger partial charge in [-0.3, -0.25) is 4.79 Å². The summed E-state index contributed by atoms with van der Waals surface area (Å²) in [6.07, 6.45) is 1.52. The van der Waals surface area contributed by atoms with Crippen molar-refractivity contribution in [2.45, 2.75) is 34.0 Å². The Hall–Kier alpha value is -4.95. The first kappa shape index (κ1) is 29.5. The van der Waals surface area contributed by atoms with Crippen LogP contribution >= 0.6 is 11.6 Å². The summed E-state index contributed by atoms with van der Waals surface area (Å²) in [6.45, 7) is 6.99. The summed E-state index contributed by atoms with van der Waals surface area (Å²) >= 11 is 6.24. The number of aryl methyl sites for hydroxylation is 2. The van der Waals surface area contributed by atoms with Gasteiger partial charge in [0.2, 0.25) is 0 Å². The first-order chi connectivity index (χ1) is 20.9. The molecule has 5 rings (SSSR count). The van der Waals surface area contributed by atoms with Crippen molar-refractivity contribution in [2.24, 2.45) is 5.10 Å². The van der Waals surface area contributed by atoms with Gasteiger partial charge in [-0.15, -0.1) is 0 Å². The SMILES string of the molecule is CCOc1cc(/C=N/NC(=O)c2ccc(COc3ccc(-n4c(C)ccc4C)cc3)o2)ccc1OCc1ccccc1Cl. The van der Waals surface area contributed by atoms with E-state index in [1.165, 1.54) is 17.6 Å². The van der Waals surface area contributed by atoms with Crippen LogP contribution in [0.15, 0.2) is 101 Å². The van der Waals surface area contributed by atoms with Crippen molar-refractivity contribution < 1.29 is 23.4 Å². The number of halogens is 1. The van der Waals surface area contributed by atoms with E-state index in [1.807, 2.05) is 61.5 Å². The highest BCUT2D eigenvalue weighted by Gasteiger charge is 2.12. The number of aromatic nitrogens is 1. The molecule has 0 radical (unpaired) electrons. The molecule has 0 atom stereocenters. The van der Waals surface area contributed by atoms with Gasteiger partial charge in [-0.25, -0.2) is 5.43 Å². The molecule has 2 heterocycles. The summed E-state index contributed by atoms with van der Waals surface area (Å²) in [5.74, 6) is 2.01. The lowest BCUT2D eigenvalue weighted by Crippen LogP contribution is -2.16. The number of nitrogens with zero attached hydrogens (tertiary/aromatic N) is 2. The molecule has 9 heteroatoms. The highest BCUT2D eigenvalue weighted by atomic mass is 35.5. The molecule has 0 saturated carbocycles. The highest BCUT2D eigenvalue weighted by Crippen LogP contribution is 2.30. The number of furan rings is 1. The normalized spacial score (nSPS) is 11.1. The zero-order valence-electron chi connectivity index (χ0n) is 24.2. The lowest BCUT2D eigenvalue weighted by molar-refractivity contribution is 0.0923. The molecule has 0 fully saturated rings. The summed E-state index contributed by atoms with van der Waals surface area (Å²) in [7, 11) is 0. The largest absolute Gasteiger partial charge is 0.490 e. The smallest absolute Gasteiger partial charge is 0.307 e. The maximum Gasteiger partial charge on any atom is 0.307 e. The molecule has 0 aliphatic heterocycles. The molecule has 43 heavy (non-hydrogen) atoms. The van der Waals surface area contributed by atoms with E-state index in [9.17, 15) is 4.79 Å². The van der Waals surface area contributed by atoms with Crippen molar-refractivity contribution in [1.29, 1.82) is 0 Å². The topological polar surface area (TPSA) is 87.2 Å². The Labute approximate surface area is 255 Å². The second-order valence-corrected chi connectivity index (χ2v) is 10.1. The lowest BCUT2D eigenvalue weighted by atomic mass is 10.2. The fourth-order valence-corrected chi connectivity index (χ4v) is 4.67. The second kappa shape index (κ2) is 13.8. The maximum absolute atomic E-state index is 12.6. The van der Waals surface area contributed by atoms with Gasteiger partial charge in [-0.2, -0.15) is 5.10 Å². The number of nitrogens with one attached hydrogen (secondary N) is 1. The molecule has 0 bridgehead atoms. The Kier molecular flexibility index (Phi) is 9.49. The minimum Gasteiger partial charge on any atom is -0.490 e. The number of benzene rings is 3. The Bertz CT molecular complexity index is 1700. The van der Waals surface area contributed by atoms with Gasteiger partial charge >= 0.3 is 5.91 Å². The van der Waals surface area contributed by atoms with Crippen molar-refractivity contribution in [3.63, 3.8) is 0 Å². The quantitative estimate of drug-likeness (QED) is 0.118. The zero-order chi connectivity index (χ0) is 30.2. The molecule has 0 spiro atoms. The molecular weight excluding hydrogens is 566 g/mol. The molecule has 2 aromatic heterocycles.